The van der Waals surface area contributed by atoms with Crippen LogP contribution in [0.2, 0.25) is 0 Å². The molecular weight excluding hydrogens is 465 g/mol. The third kappa shape index (κ3) is 7.36. The number of ether oxygens (including phenoxy) is 3. The Hall–Kier alpha value is -3.76. The molecule has 0 aliphatic heterocycles. The van der Waals surface area contributed by atoms with Crippen molar-refractivity contribution in [2.24, 2.45) is 0 Å². The second kappa shape index (κ2) is 10.7. The van der Waals surface area contributed by atoms with Crippen LogP contribution in [-0.4, -0.2) is 46.7 Å². The quantitative estimate of drug-likeness (QED) is 0.432. The van der Waals surface area contributed by atoms with Gasteiger partial charge in [0.05, 0.1) is 19.4 Å². The van der Waals surface area contributed by atoms with Gasteiger partial charge in [0.1, 0.15) is 17.1 Å². The average molecular weight is 492 g/mol. The van der Waals surface area contributed by atoms with E-state index < -0.39 is 23.7 Å². The molecule has 11 heteroatoms. The van der Waals surface area contributed by atoms with Crippen LogP contribution in [-0.2, 0) is 10.9 Å². The Morgan fingerprint density at radius 2 is 1.63 bits per heavy atom. The summed E-state index contributed by atoms with van der Waals surface area (Å²) in [5.41, 5.74) is 0.269. The molecular formula is C24H27F3N4O4. The van der Waals surface area contributed by atoms with Crippen molar-refractivity contribution in [1.82, 2.24) is 20.1 Å². The zero-order valence-corrected chi connectivity index (χ0v) is 19.8. The van der Waals surface area contributed by atoms with Crippen LogP contribution in [0.15, 0.2) is 48.5 Å². The largest absolute Gasteiger partial charge is 0.497 e. The first-order chi connectivity index (χ1) is 16.5. The standard InChI is InChI=1S/C24H27F3N4O4/c1-23(2,3)35-22(32)28-14-5-15-34-19-10-6-16(7-11-19)20-29-21(24(25,26)27)30-31(20)17-8-12-18(33-4)13-9-17/h6-13H,5,14-15H2,1-4H3,(H,28,32). The van der Waals surface area contributed by atoms with E-state index in [2.05, 4.69) is 15.4 Å². The zero-order valence-electron chi connectivity index (χ0n) is 19.8. The summed E-state index contributed by atoms with van der Waals surface area (Å²) in [4.78, 5) is 15.4. The summed E-state index contributed by atoms with van der Waals surface area (Å²) < 4.78 is 57.0. The van der Waals surface area contributed by atoms with E-state index >= 15 is 0 Å². The minimum absolute atomic E-state index is 0.0376. The Morgan fingerprint density at radius 1 is 1.00 bits per heavy atom. The second-order valence-corrected chi connectivity index (χ2v) is 8.52. The average Bonchev–Trinajstić information content (AvgIpc) is 3.24. The van der Waals surface area contributed by atoms with Crippen molar-refractivity contribution in [3.63, 3.8) is 0 Å². The first-order valence-corrected chi connectivity index (χ1v) is 10.8. The van der Waals surface area contributed by atoms with Crippen LogP contribution in [0.4, 0.5) is 18.0 Å². The molecule has 0 fully saturated rings. The Balaban J connectivity index is 1.67. The van der Waals surface area contributed by atoms with Gasteiger partial charge in [0.15, 0.2) is 5.82 Å². The van der Waals surface area contributed by atoms with Gasteiger partial charge in [-0.15, -0.1) is 5.10 Å². The van der Waals surface area contributed by atoms with Crippen molar-refractivity contribution in [2.45, 2.75) is 39.0 Å². The Kier molecular flexibility index (Phi) is 7.88. The monoisotopic (exact) mass is 492 g/mol. The zero-order chi connectivity index (χ0) is 25.6. The molecule has 0 saturated carbocycles. The van der Waals surface area contributed by atoms with E-state index in [0.29, 0.717) is 42.3 Å². The van der Waals surface area contributed by atoms with E-state index in [4.69, 9.17) is 14.2 Å². The number of nitrogens with zero attached hydrogens (tertiary/aromatic N) is 3. The first-order valence-electron chi connectivity index (χ1n) is 10.8. The highest BCUT2D eigenvalue weighted by Gasteiger charge is 2.37. The van der Waals surface area contributed by atoms with Gasteiger partial charge < -0.3 is 19.5 Å². The van der Waals surface area contributed by atoms with E-state index in [1.54, 1.807) is 69.3 Å². The molecule has 8 nitrogen and oxygen atoms in total. The van der Waals surface area contributed by atoms with Gasteiger partial charge in [-0.3, -0.25) is 0 Å². The van der Waals surface area contributed by atoms with Gasteiger partial charge in [-0.25, -0.2) is 14.5 Å². The molecule has 0 bridgehead atoms. The molecule has 3 rings (SSSR count). The summed E-state index contributed by atoms with van der Waals surface area (Å²) >= 11 is 0. The van der Waals surface area contributed by atoms with Gasteiger partial charge in [0, 0.05) is 12.1 Å². The highest BCUT2D eigenvalue weighted by molar-refractivity contribution is 5.67. The number of alkyl halides is 3. The molecule has 1 N–H and O–H groups in total. The molecule has 0 spiro atoms. The number of halogens is 3. The summed E-state index contributed by atoms with van der Waals surface area (Å²) in [5.74, 6) is -0.108. The Morgan fingerprint density at radius 3 is 2.20 bits per heavy atom. The maximum Gasteiger partial charge on any atom is 0.453 e. The number of rotatable bonds is 8. The van der Waals surface area contributed by atoms with Crippen molar-refractivity contribution in [2.75, 3.05) is 20.3 Å². The summed E-state index contributed by atoms with van der Waals surface area (Å²) in [5, 5.41) is 6.32. The maximum atomic E-state index is 13.3. The third-order valence-electron chi connectivity index (χ3n) is 4.55. The minimum Gasteiger partial charge on any atom is -0.497 e. The molecule has 0 atom stereocenters. The molecule has 3 aromatic rings. The fraction of sp³-hybridized carbons (Fsp3) is 0.375. The van der Waals surface area contributed by atoms with E-state index in [0.717, 1.165) is 4.68 Å². The predicted molar refractivity (Wildman–Crippen MR) is 123 cm³/mol. The second-order valence-electron chi connectivity index (χ2n) is 8.52. The Bertz CT molecular complexity index is 1120. The van der Waals surface area contributed by atoms with Crippen molar-refractivity contribution in [3.8, 4) is 28.6 Å². The summed E-state index contributed by atoms with van der Waals surface area (Å²) in [6, 6.07) is 12.9. The molecule has 0 aliphatic rings. The number of amides is 1. The normalized spacial score (nSPS) is 11.7. The van der Waals surface area contributed by atoms with Crippen molar-refractivity contribution >= 4 is 6.09 Å². The number of hydrogen-bond donors (Lipinski definition) is 1. The minimum atomic E-state index is -4.69. The molecule has 35 heavy (non-hydrogen) atoms. The fourth-order valence-corrected chi connectivity index (χ4v) is 2.99. The molecule has 1 heterocycles. The molecule has 0 aliphatic carbocycles. The van der Waals surface area contributed by atoms with Crippen molar-refractivity contribution in [1.29, 1.82) is 0 Å². The van der Waals surface area contributed by atoms with Gasteiger partial charge in [0.2, 0.25) is 0 Å². The summed E-state index contributed by atoms with van der Waals surface area (Å²) in [7, 11) is 1.50. The van der Waals surface area contributed by atoms with Crippen LogP contribution in [0.1, 0.15) is 33.0 Å². The smallest absolute Gasteiger partial charge is 0.453 e. The number of carbonyl (C=O) groups is 1. The van der Waals surface area contributed by atoms with Gasteiger partial charge in [-0.1, -0.05) is 0 Å². The van der Waals surface area contributed by atoms with Crippen LogP contribution in [0.5, 0.6) is 11.5 Å². The highest BCUT2D eigenvalue weighted by atomic mass is 19.4. The molecule has 2 aromatic carbocycles. The number of carbonyl (C=O) groups excluding carboxylic acids is 1. The summed E-state index contributed by atoms with van der Waals surface area (Å²) in [6.45, 7) is 6.04. The molecule has 0 radical (unpaired) electrons. The molecule has 1 amide bonds. The predicted octanol–water partition coefficient (Wildman–Crippen LogP) is 5.26. The van der Waals surface area contributed by atoms with Gasteiger partial charge >= 0.3 is 12.3 Å². The van der Waals surface area contributed by atoms with Crippen LogP contribution in [0.25, 0.3) is 17.1 Å². The lowest BCUT2D eigenvalue weighted by Crippen LogP contribution is -2.33. The van der Waals surface area contributed by atoms with Gasteiger partial charge in [-0.05, 0) is 75.7 Å². The van der Waals surface area contributed by atoms with Crippen LogP contribution >= 0.6 is 0 Å². The van der Waals surface area contributed by atoms with E-state index in [-0.39, 0.29) is 5.82 Å². The highest BCUT2D eigenvalue weighted by Crippen LogP contribution is 2.31. The van der Waals surface area contributed by atoms with E-state index in [1.807, 2.05) is 0 Å². The number of hydrogen-bond acceptors (Lipinski definition) is 6. The lowest BCUT2D eigenvalue weighted by molar-refractivity contribution is -0.144. The lowest BCUT2D eigenvalue weighted by atomic mass is 10.2. The first kappa shape index (κ1) is 25.9. The number of alkyl carbamates (subject to hydrolysis) is 1. The van der Waals surface area contributed by atoms with E-state index in [1.165, 1.54) is 7.11 Å². The van der Waals surface area contributed by atoms with E-state index in [9.17, 15) is 18.0 Å². The maximum absolute atomic E-state index is 13.3. The number of nitrogens with one attached hydrogen (secondary N) is 1. The number of benzene rings is 2. The van der Waals surface area contributed by atoms with Gasteiger partial charge in [-0.2, -0.15) is 13.2 Å². The van der Waals surface area contributed by atoms with Crippen molar-refractivity contribution < 1.29 is 32.2 Å². The SMILES string of the molecule is COc1ccc(-n2nc(C(F)(F)F)nc2-c2ccc(OCCCNC(=O)OC(C)(C)C)cc2)cc1. The molecule has 0 unspecified atom stereocenters. The van der Waals surface area contributed by atoms with Crippen LogP contribution in [0.3, 0.4) is 0 Å². The van der Waals surface area contributed by atoms with Crippen LogP contribution in [0, 0.1) is 0 Å². The van der Waals surface area contributed by atoms with Gasteiger partial charge in [0.25, 0.3) is 5.82 Å². The Labute approximate surface area is 201 Å². The molecule has 0 saturated heterocycles. The lowest BCUT2D eigenvalue weighted by Gasteiger charge is -2.19. The fourth-order valence-electron chi connectivity index (χ4n) is 2.99. The van der Waals surface area contributed by atoms with Crippen LogP contribution < -0.4 is 14.8 Å². The van der Waals surface area contributed by atoms with Crippen molar-refractivity contribution in [3.05, 3.63) is 54.4 Å². The molecule has 1 aromatic heterocycles. The number of methoxy groups -OCH3 is 1. The number of aromatic nitrogens is 3. The third-order valence-corrected chi connectivity index (χ3v) is 4.55. The summed E-state index contributed by atoms with van der Waals surface area (Å²) in [6.07, 6.45) is -4.65. The topological polar surface area (TPSA) is 87.5 Å². The molecule has 188 valence electrons.